The van der Waals surface area contributed by atoms with Crippen LogP contribution >= 0.6 is 11.6 Å². The van der Waals surface area contributed by atoms with E-state index in [1.807, 2.05) is 23.1 Å². The summed E-state index contributed by atoms with van der Waals surface area (Å²) in [6.45, 7) is 1.26. The van der Waals surface area contributed by atoms with Gasteiger partial charge in [0.2, 0.25) is 0 Å². The third kappa shape index (κ3) is 3.10. The number of benzene rings is 1. The predicted molar refractivity (Wildman–Crippen MR) is 71.8 cm³/mol. The molecule has 6 heteroatoms. The average molecular weight is 308 g/mol. The van der Waals surface area contributed by atoms with Gasteiger partial charge in [0, 0.05) is 31.8 Å². The SMILES string of the molecule is COC1(C(F)(F)F)CCN(Cc2ccccc2Cl)CC1. The summed E-state index contributed by atoms with van der Waals surface area (Å²) in [6, 6.07) is 7.39. The summed E-state index contributed by atoms with van der Waals surface area (Å²) in [6.07, 6.45) is -4.41. The Morgan fingerprint density at radius 1 is 1.25 bits per heavy atom. The Kier molecular flexibility index (Phi) is 4.62. The standard InChI is InChI=1S/C14H17ClF3NO/c1-20-13(14(16,17)18)6-8-19(9-7-13)10-11-4-2-3-5-12(11)15/h2-5H,6-10H2,1H3. The molecular formula is C14H17ClF3NO. The fourth-order valence-corrected chi connectivity index (χ4v) is 2.74. The highest BCUT2D eigenvalue weighted by Crippen LogP contribution is 2.41. The third-order valence-electron chi connectivity index (χ3n) is 3.92. The molecule has 0 aliphatic carbocycles. The molecule has 1 aromatic rings. The van der Waals surface area contributed by atoms with Crippen molar-refractivity contribution in [1.82, 2.24) is 4.90 Å². The second-order valence-corrected chi connectivity index (χ2v) is 5.47. The molecule has 0 N–H and O–H groups in total. The molecule has 0 unspecified atom stereocenters. The predicted octanol–water partition coefficient (Wildman–Crippen LogP) is 3.88. The zero-order valence-electron chi connectivity index (χ0n) is 11.2. The van der Waals surface area contributed by atoms with E-state index in [2.05, 4.69) is 0 Å². The minimum atomic E-state index is -4.32. The van der Waals surface area contributed by atoms with Crippen molar-refractivity contribution in [3.8, 4) is 0 Å². The van der Waals surface area contributed by atoms with Crippen LogP contribution in [-0.4, -0.2) is 36.9 Å². The number of alkyl halides is 3. The normalized spacial score (nSPS) is 20.1. The summed E-state index contributed by atoms with van der Waals surface area (Å²) < 4.78 is 43.9. The molecule has 0 spiro atoms. The number of hydrogen-bond donors (Lipinski definition) is 0. The first kappa shape index (κ1) is 15.6. The lowest BCUT2D eigenvalue weighted by Gasteiger charge is -2.41. The van der Waals surface area contributed by atoms with E-state index in [0.29, 0.717) is 24.7 Å². The van der Waals surface area contributed by atoms with Gasteiger partial charge in [-0.15, -0.1) is 0 Å². The number of piperidine rings is 1. The number of ether oxygens (including phenoxy) is 1. The minimum Gasteiger partial charge on any atom is -0.369 e. The van der Waals surface area contributed by atoms with Gasteiger partial charge < -0.3 is 4.74 Å². The molecule has 1 heterocycles. The van der Waals surface area contributed by atoms with Crippen LogP contribution in [0.5, 0.6) is 0 Å². The Morgan fingerprint density at radius 2 is 1.85 bits per heavy atom. The van der Waals surface area contributed by atoms with E-state index in [1.165, 1.54) is 0 Å². The molecule has 112 valence electrons. The molecule has 2 rings (SSSR count). The summed E-state index contributed by atoms with van der Waals surface area (Å²) in [5.41, 5.74) is -1.06. The highest BCUT2D eigenvalue weighted by atomic mass is 35.5. The summed E-state index contributed by atoms with van der Waals surface area (Å²) in [5, 5.41) is 0.645. The van der Waals surface area contributed by atoms with E-state index in [-0.39, 0.29) is 12.8 Å². The van der Waals surface area contributed by atoms with Gasteiger partial charge in [0.15, 0.2) is 5.60 Å². The molecular weight excluding hydrogens is 291 g/mol. The zero-order chi connectivity index (χ0) is 14.8. The smallest absolute Gasteiger partial charge is 0.369 e. The quantitative estimate of drug-likeness (QED) is 0.840. The Hall–Kier alpha value is -0.780. The Labute approximate surface area is 121 Å². The molecule has 0 bridgehead atoms. The first-order chi connectivity index (χ1) is 9.38. The molecule has 1 aliphatic rings. The topological polar surface area (TPSA) is 12.5 Å². The maximum atomic E-state index is 13.1. The van der Waals surface area contributed by atoms with E-state index < -0.39 is 11.8 Å². The van der Waals surface area contributed by atoms with Gasteiger partial charge in [0.1, 0.15) is 0 Å². The van der Waals surface area contributed by atoms with Gasteiger partial charge in [-0.05, 0) is 24.5 Å². The van der Waals surface area contributed by atoms with Crippen LogP contribution in [0.4, 0.5) is 13.2 Å². The summed E-state index contributed by atoms with van der Waals surface area (Å²) >= 11 is 6.07. The average Bonchev–Trinajstić information content (AvgIpc) is 2.41. The number of halogens is 4. The van der Waals surface area contributed by atoms with Crippen LogP contribution in [0.15, 0.2) is 24.3 Å². The highest BCUT2D eigenvalue weighted by molar-refractivity contribution is 6.31. The van der Waals surface area contributed by atoms with Crippen LogP contribution in [0, 0.1) is 0 Å². The van der Waals surface area contributed by atoms with Crippen LogP contribution in [0.25, 0.3) is 0 Å². The molecule has 1 aliphatic heterocycles. The van der Waals surface area contributed by atoms with Crippen LogP contribution in [0.2, 0.25) is 5.02 Å². The fourth-order valence-electron chi connectivity index (χ4n) is 2.54. The van der Waals surface area contributed by atoms with Crippen molar-refractivity contribution in [3.05, 3.63) is 34.9 Å². The molecule has 0 aromatic heterocycles. The van der Waals surface area contributed by atoms with Crippen molar-refractivity contribution >= 4 is 11.6 Å². The van der Waals surface area contributed by atoms with Crippen molar-refractivity contribution in [1.29, 1.82) is 0 Å². The van der Waals surface area contributed by atoms with Gasteiger partial charge >= 0.3 is 6.18 Å². The monoisotopic (exact) mass is 307 g/mol. The van der Waals surface area contributed by atoms with Crippen LogP contribution in [0.3, 0.4) is 0 Å². The van der Waals surface area contributed by atoms with Gasteiger partial charge in [-0.2, -0.15) is 13.2 Å². The molecule has 0 saturated carbocycles. The van der Waals surface area contributed by atoms with Crippen molar-refractivity contribution in [3.63, 3.8) is 0 Å². The van der Waals surface area contributed by atoms with Crippen molar-refractivity contribution in [2.45, 2.75) is 31.2 Å². The van der Waals surface area contributed by atoms with E-state index >= 15 is 0 Å². The Balaban J connectivity index is 2.00. The maximum absolute atomic E-state index is 13.1. The molecule has 20 heavy (non-hydrogen) atoms. The van der Waals surface area contributed by atoms with Crippen molar-refractivity contribution in [2.75, 3.05) is 20.2 Å². The molecule has 0 radical (unpaired) electrons. The van der Waals surface area contributed by atoms with Crippen molar-refractivity contribution in [2.24, 2.45) is 0 Å². The van der Waals surface area contributed by atoms with E-state index in [1.54, 1.807) is 6.07 Å². The number of nitrogens with zero attached hydrogens (tertiary/aromatic N) is 1. The lowest BCUT2D eigenvalue weighted by Crippen LogP contribution is -2.54. The van der Waals surface area contributed by atoms with E-state index in [4.69, 9.17) is 16.3 Å². The number of rotatable bonds is 3. The maximum Gasteiger partial charge on any atom is 0.417 e. The number of methoxy groups -OCH3 is 1. The van der Waals surface area contributed by atoms with Crippen LogP contribution in [-0.2, 0) is 11.3 Å². The van der Waals surface area contributed by atoms with Gasteiger partial charge in [-0.3, -0.25) is 4.90 Å². The summed E-state index contributed by atoms with van der Waals surface area (Å²) in [5.74, 6) is 0. The van der Waals surface area contributed by atoms with E-state index in [0.717, 1.165) is 12.7 Å². The minimum absolute atomic E-state index is 0.0442. The lowest BCUT2D eigenvalue weighted by atomic mass is 9.90. The molecule has 0 amide bonds. The Morgan fingerprint density at radius 3 is 2.35 bits per heavy atom. The largest absolute Gasteiger partial charge is 0.417 e. The molecule has 1 aromatic carbocycles. The molecule has 0 atom stereocenters. The first-order valence-electron chi connectivity index (χ1n) is 6.45. The number of hydrogen-bond acceptors (Lipinski definition) is 2. The van der Waals surface area contributed by atoms with Crippen LogP contribution < -0.4 is 0 Å². The number of likely N-dealkylation sites (tertiary alicyclic amines) is 1. The molecule has 1 saturated heterocycles. The van der Waals surface area contributed by atoms with E-state index in [9.17, 15) is 13.2 Å². The highest BCUT2D eigenvalue weighted by Gasteiger charge is 2.56. The molecule has 2 nitrogen and oxygen atoms in total. The third-order valence-corrected chi connectivity index (χ3v) is 4.29. The van der Waals surface area contributed by atoms with Crippen LogP contribution in [0.1, 0.15) is 18.4 Å². The van der Waals surface area contributed by atoms with Gasteiger partial charge in [-0.1, -0.05) is 29.8 Å². The van der Waals surface area contributed by atoms with Gasteiger partial charge in [-0.25, -0.2) is 0 Å². The lowest BCUT2D eigenvalue weighted by molar-refractivity contribution is -0.282. The first-order valence-corrected chi connectivity index (χ1v) is 6.83. The van der Waals surface area contributed by atoms with Gasteiger partial charge in [0.25, 0.3) is 0 Å². The van der Waals surface area contributed by atoms with Crippen molar-refractivity contribution < 1.29 is 17.9 Å². The fraction of sp³-hybridized carbons (Fsp3) is 0.571. The molecule has 1 fully saturated rings. The zero-order valence-corrected chi connectivity index (χ0v) is 12.0. The summed E-state index contributed by atoms with van der Waals surface area (Å²) in [7, 11) is 1.14. The van der Waals surface area contributed by atoms with Gasteiger partial charge in [0.05, 0.1) is 0 Å². The second kappa shape index (κ2) is 5.92. The second-order valence-electron chi connectivity index (χ2n) is 5.06. The Bertz CT molecular complexity index is 456. The summed E-state index contributed by atoms with van der Waals surface area (Å²) in [4.78, 5) is 1.98.